The molecule has 0 fully saturated rings. The highest BCUT2D eigenvalue weighted by Gasteiger charge is 2.21. The van der Waals surface area contributed by atoms with E-state index in [1.54, 1.807) is 0 Å². The normalized spacial score (nSPS) is 14.0. The summed E-state index contributed by atoms with van der Waals surface area (Å²) in [6, 6.07) is 64.6. The molecule has 0 radical (unpaired) electrons. The fourth-order valence-electron chi connectivity index (χ4n) is 8.87. The van der Waals surface area contributed by atoms with Crippen molar-refractivity contribution in [3.63, 3.8) is 0 Å². The van der Waals surface area contributed by atoms with Gasteiger partial charge in [-0.05, 0) is 100 Å². The van der Waals surface area contributed by atoms with Gasteiger partial charge in [-0.1, -0.05) is 176 Å². The highest BCUT2D eigenvalue weighted by atomic mass is 16.3. The summed E-state index contributed by atoms with van der Waals surface area (Å²) in [6.45, 7) is 0. The Labute approximate surface area is 330 Å². The standard InChI is InChI=1S/C54H36N2O/c1-3-15-35(16-4-1)51-39-19-7-11-23-43(39)53(44-24-12-8-20-40(44)51)37-27-29-47(55-33-37)49-31-32-50(57-49)48-30-28-38(34-56-48)54-45-25-13-9-21-41(45)52(36-17-5-2-6-18-36)42-22-10-14-26-46(42)54/h1-34,47,55H. The predicted octanol–water partition coefficient (Wildman–Crippen LogP) is 14.2. The zero-order chi connectivity index (χ0) is 37.7. The van der Waals surface area contributed by atoms with E-state index >= 15 is 0 Å². The Bertz CT molecular complexity index is 3080. The van der Waals surface area contributed by atoms with Crippen LogP contribution in [0.25, 0.3) is 93.5 Å². The molecule has 2 aromatic heterocycles. The molecular formula is C54H36N2O. The number of nitrogens with one attached hydrogen (secondary N) is 1. The molecule has 3 heterocycles. The van der Waals surface area contributed by atoms with E-state index in [0.717, 1.165) is 28.4 Å². The van der Waals surface area contributed by atoms with Crippen molar-refractivity contribution in [2.75, 3.05) is 0 Å². The van der Waals surface area contributed by atoms with Crippen molar-refractivity contribution in [1.82, 2.24) is 10.3 Å². The number of hydrogen-bond donors (Lipinski definition) is 1. The summed E-state index contributed by atoms with van der Waals surface area (Å²) in [7, 11) is 0. The van der Waals surface area contributed by atoms with E-state index in [-0.39, 0.29) is 6.04 Å². The van der Waals surface area contributed by atoms with Gasteiger partial charge in [-0.15, -0.1) is 0 Å². The summed E-state index contributed by atoms with van der Waals surface area (Å²) in [5.41, 5.74) is 10.4. The third-order valence-electron chi connectivity index (χ3n) is 11.4. The third-order valence-corrected chi connectivity index (χ3v) is 11.4. The molecular weight excluding hydrogens is 693 g/mol. The van der Waals surface area contributed by atoms with Gasteiger partial charge in [-0.3, -0.25) is 4.98 Å². The van der Waals surface area contributed by atoms with Crippen molar-refractivity contribution in [2.45, 2.75) is 6.04 Å². The average molecular weight is 729 g/mol. The summed E-state index contributed by atoms with van der Waals surface area (Å²) in [4.78, 5) is 4.97. The number of rotatable bonds is 6. The number of nitrogens with zero attached hydrogens (tertiary/aromatic N) is 1. The fourth-order valence-corrected chi connectivity index (χ4v) is 8.87. The number of dihydropyridines is 1. The van der Waals surface area contributed by atoms with Crippen molar-refractivity contribution in [1.29, 1.82) is 0 Å². The minimum absolute atomic E-state index is 0.108. The van der Waals surface area contributed by atoms with Gasteiger partial charge in [0.1, 0.15) is 17.5 Å². The topological polar surface area (TPSA) is 38.1 Å². The lowest BCUT2D eigenvalue weighted by molar-refractivity contribution is 0.484. The maximum atomic E-state index is 6.50. The van der Waals surface area contributed by atoms with Gasteiger partial charge < -0.3 is 9.73 Å². The lowest BCUT2D eigenvalue weighted by Gasteiger charge is -2.21. The molecule has 1 atom stereocenters. The summed E-state index contributed by atoms with van der Waals surface area (Å²) in [6.07, 6.45) is 8.54. The Morgan fingerprint density at radius 1 is 0.404 bits per heavy atom. The number of furan rings is 1. The van der Waals surface area contributed by atoms with Crippen LogP contribution in [0.1, 0.15) is 17.4 Å². The Morgan fingerprint density at radius 2 is 0.842 bits per heavy atom. The van der Waals surface area contributed by atoms with Crippen molar-refractivity contribution < 1.29 is 4.42 Å². The van der Waals surface area contributed by atoms with E-state index in [2.05, 4.69) is 200 Å². The molecule has 3 heteroatoms. The number of hydrogen-bond acceptors (Lipinski definition) is 3. The lowest BCUT2D eigenvalue weighted by atomic mass is 9.85. The molecule has 1 aliphatic rings. The fraction of sp³-hybridized carbons (Fsp3) is 0.0185. The Balaban J connectivity index is 0.912. The Kier molecular flexibility index (Phi) is 7.89. The summed E-state index contributed by atoms with van der Waals surface area (Å²) in [5, 5.41) is 13.5. The van der Waals surface area contributed by atoms with Gasteiger partial charge in [0.05, 0.1) is 0 Å². The minimum atomic E-state index is -0.108. The van der Waals surface area contributed by atoms with Crippen molar-refractivity contribution in [2.24, 2.45) is 0 Å². The molecule has 3 nitrogen and oxygen atoms in total. The zero-order valence-electron chi connectivity index (χ0n) is 31.1. The van der Waals surface area contributed by atoms with Gasteiger partial charge >= 0.3 is 0 Å². The highest BCUT2D eigenvalue weighted by molar-refractivity contribution is 6.22. The van der Waals surface area contributed by atoms with Crippen LogP contribution in [0.15, 0.2) is 211 Å². The summed E-state index contributed by atoms with van der Waals surface area (Å²) < 4.78 is 6.50. The maximum Gasteiger partial charge on any atom is 0.152 e. The first-order chi connectivity index (χ1) is 28.3. The highest BCUT2D eigenvalue weighted by Crippen LogP contribution is 2.45. The molecule has 0 aliphatic carbocycles. The van der Waals surface area contributed by atoms with Crippen molar-refractivity contribution in [3.05, 3.63) is 218 Å². The van der Waals surface area contributed by atoms with E-state index in [0.29, 0.717) is 0 Å². The van der Waals surface area contributed by atoms with Gasteiger partial charge in [-0.25, -0.2) is 0 Å². The van der Waals surface area contributed by atoms with Crippen LogP contribution in [-0.4, -0.2) is 4.98 Å². The molecule has 10 aromatic rings. The second-order valence-electron chi connectivity index (χ2n) is 14.7. The number of fused-ring (bicyclic) bond motifs is 4. The maximum absolute atomic E-state index is 6.50. The predicted molar refractivity (Wildman–Crippen MR) is 238 cm³/mol. The molecule has 0 amide bonds. The molecule has 0 spiro atoms. The minimum Gasteiger partial charge on any atom is -0.457 e. The Hall–Kier alpha value is -7.49. The van der Waals surface area contributed by atoms with Crippen LogP contribution < -0.4 is 5.32 Å². The molecule has 0 saturated carbocycles. The molecule has 1 aliphatic heterocycles. The van der Waals surface area contributed by atoms with Crippen molar-refractivity contribution in [3.8, 4) is 44.8 Å². The molecule has 1 N–H and O–H groups in total. The van der Waals surface area contributed by atoms with E-state index < -0.39 is 0 Å². The molecule has 8 aromatic carbocycles. The number of pyridine rings is 1. The molecule has 11 rings (SSSR count). The quantitative estimate of drug-likeness (QED) is 0.173. The van der Waals surface area contributed by atoms with E-state index in [4.69, 9.17) is 9.40 Å². The SMILES string of the molecule is C1=CC(c2ccc(-c3ccc(-c4c5ccccc5c(-c5ccccc5)c5ccccc45)cn3)o2)NC=C1c1c2ccccc2c(-c2ccccc2)c2ccccc12. The number of aromatic nitrogens is 1. The van der Waals surface area contributed by atoms with Gasteiger partial charge in [0.15, 0.2) is 5.76 Å². The van der Waals surface area contributed by atoms with Crippen LogP contribution in [-0.2, 0) is 0 Å². The van der Waals surface area contributed by atoms with E-state index in [9.17, 15) is 0 Å². The van der Waals surface area contributed by atoms with Crippen LogP contribution in [0.2, 0.25) is 0 Å². The van der Waals surface area contributed by atoms with Crippen LogP contribution in [0.4, 0.5) is 0 Å². The Morgan fingerprint density at radius 3 is 1.26 bits per heavy atom. The first-order valence-corrected chi connectivity index (χ1v) is 19.5. The third kappa shape index (κ3) is 5.55. The molecule has 0 bridgehead atoms. The number of benzene rings is 8. The molecule has 268 valence electrons. The second-order valence-corrected chi connectivity index (χ2v) is 14.7. The lowest BCUT2D eigenvalue weighted by Crippen LogP contribution is -2.16. The van der Waals surface area contributed by atoms with Gasteiger partial charge in [0.2, 0.25) is 0 Å². The summed E-state index contributed by atoms with van der Waals surface area (Å²) >= 11 is 0. The molecule has 0 saturated heterocycles. The van der Waals surface area contributed by atoms with Crippen LogP contribution in [0.3, 0.4) is 0 Å². The van der Waals surface area contributed by atoms with Crippen LogP contribution >= 0.6 is 0 Å². The average Bonchev–Trinajstić information content (AvgIpc) is 3.79. The van der Waals surface area contributed by atoms with Gasteiger partial charge in [-0.2, -0.15) is 0 Å². The zero-order valence-corrected chi connectivity index (χ0v) is 31.1. The monoisotopic (exact) mass is 728 g/mol. The second kappa shape index (κ2) is 13.7. The van der Waals surface area contributed by atoms with Crippen molar-refractivity contribution >= 4 is 48.7 Å². The van der Waals surface area contributed by atoms with E-state index in [1.807, 2.05) is 12.3 Å². The first-order valence-electron chi connectivity index (χ1n) is 19.5. The van der Waals surface area contributed by atoms with E-state index in [1.165, 1.54) is 76.5 Å². The summed E-state index contributed by atoms with van der Waals surface area (Å²) in [5.74, 6) is 1.58. The van der Waals surface area contributed by atoms with Crippen LogP contribution in [0.5, 0.6) is 0 Å². The largest absolute Gasteiger partial charge is 0.457 e. The molecule has 1 unspecified atom stereocenters. The van der Waals surface area contributed by atoms with Gasteiger partial charge in [0, 0.05) is 18.0 Å². The van der Waals surface area contributed by atoms with Gasteiger partial charge in [0.25, 0.3) is 0 Å². The smallest absolute Gasteiger partial charge is 0.152 e. The molecule has 57 heavy (non-hydrogen) atoms. The number of allylic oxidation sites excluding steroid dienone is 2. The first kappa shape index (κ1) is 32.9. The van der Waals surface area contributed by atoms with Crippen LogP contribution in [0, 0.1) is 0 Å².